The number of aromatic nitrogens is 1. The number of anilines is 1. The Balaban J connectivity index is 2.09. The molecular formula is C11H16N2O2. The van der Waals surface area contributed by atoms with Gasteiger partial charge in [-0.15, -0.1) is 0 Å². The van der Waals surface area contributed by atoms with Gasteiger partial charge < -0.3 is 14.7 Å². The fourth-order valence-corrected chi connectivity index (χ4v) is 1.79. The minimum absolute atomic E-state index is 0.0628. The van der Waals surface area contributed by atoms with Crippen molar-refractivity contribution in [2.75, 3.05) is 31.2 Å². The standard InChI is InChI=1S/C11H16N2O2/c1-9-6-10(2-3-12-9)13-4-5-15-11(7-13)8-14/h2-3,6,11,14H,4-5,7-8H2,1H3. The van der Waals surface area contributed by atoms with Crippen LogP contribution in [0.2, 0.25) is 0 Å². The van der Waals surface area contributed by atoms with E-state index in [2.05, 4.69) is 16.0 Å². The topological polar surface area (TPSA) is 45.6 Å². The Hall–Kier alpha value is -1.13. The first-order chi connectivity index (χ1) is 7.29. The van der Waals surface area contributed by atoms with Gasteiger partial charge in [0.25, 0.3) is 0 Å². The number of morpholine rings is 1. The normalized spacial score (nSPS) is 21.7. The van der Waals surface area contributed by atoms with Gasteiger partial charge in [-0.2, -0.15) is 0 Å². The molecule has 0 radical (unpaired) electrons. The van der Waals surface area contributed by atoms with E-state index < -0.39 is 0 Å². The first-order valence-corrected chi connectivity index (χ1v) is 5.19. The first-order valence-electron chi connectivity index (χ1n) is 5.19. The molecule has 0 aromatic carbocycles. The highest BCUT2D eigenvalue weighted by molar-refractivity contribution is 5.46. The predicted octanol–water partition coefficient (Wildman–Crippen LogP) is 0.588. The first kappa shape index (κ1) is 10.4. The zero-order valence-corrected chi connectivity index (χ0v) is 8.89. The Kier molecular flexibility index (Phi) is 3.18. The molecule has 15 heavy (non-hydrogen) atoms. The largest absolute Gasteiger partial charge is 0.394 e. The zero-order valence-electron chi connectivity index (χ0n) is 8.89. The van der Waals surface area contributed by atoms with E-state index in [1.54, 1.807) is 0 Å². The lowest BCUT2D eigenvalue weighted by atomic mass is 10.2. The van der Waals surface area contributed by atoms with Crippen molar-refractivity contribution in [2.24, 2.45) is 0 Å². The Morgan fingerprint density at radius 3 is 3.27 bits per heavy atom. The van der Waals surface area contributed by atoms with E-state index in [4.69, 9.17) is 9.84 Å². The monoisotopic (exact) mass is 208 g/mol. The SMILES string of the molecule is Cc1cc(N2CCOC(CO)C2)ccn1. The number of rotatable bonds is 2. The summed E-state index contributed by atoms with van der Waals surface area (Å²) in [5.41, 5.74) is 2.17. The molecule has 1 aliphatic rings. The molecule has 1 N–H and O–H groups in total. The maximum absolute atomic E-state index is 9.05. The number of ether oxygens (including phenoxy) is 1. The second-order valence-electron chi connectivity index (χ2n) is 3.78. The molecule has 0 amide bonds. The van der Waals surface area contributed by atoms with Crippen molar-refractivity contribution in [1.82, 2.24) is 4.98 Å². The van der Waals surface area contributed by atoms with Crippen LogP contribution in [0, 0.1) is 6.92 Å². The Labute approximate surface area is 89.5 Å². The van der Waals surface area contributed by atoms with Crippen molar-refractivity contribution in [1.29, 1.82) is 0 Å². The van der Waals surface area contributed by atoms with E-state index in [1.807, 2.05) is 19.2 Å². The summed E-state index contributed by atoms with van der Waals surface area (Å²) in [4.78, 5) is 6.39. The third kappa shape index (κ3) is 2.46. The summed E-state index contributed by atoms with van der Waals surface area (Å²) in [6, 6.07) is 4.05. The van der Waals surface area contributed by atoms with E-state index in [0.717, 1.165) is 24.5 Å². The molecule has 1 aromatic rings. The van der Waals surface area contributed by atoms with E-state index >= 15 is 0 Å². The van der Waals surface area contributed by atoms with E-state index in [1.165, 1.54) is 0 Å². The van der Waals surface area contributed by atoms with Crippen molar-refractivity contribution in [3.63, 3.8) is 0 Å². The number of aliphatic hydroxyl groups excluding tert-OH is 1. The average molecular weight is 208 g/mol. The fraction of sp³-hybridized carbons (Fsp3) is 0.545. The maximum atomic E-state index is 9.05. The van der Waals surface area contributed by atoms with Gasteiger partial charge in [0.1, 0.15) is 0 Å². The molecule has 1 atom stereocenters. The van der Waals surface area contributed by atoms with Gasteiger partial charge in [-0.05, 0) is 19.1 Å². The molecule has 0 aliphatic carbocycles. The van der Waals surface area contributed by atoms with Crippen LogP contribution < -0.4 is 4.90 Å². The molecule has 2 rings (SSSR count). The van der Waals surface area contributed by atoms with Crippen LogP contribution in [0.15, 0.2) is 18.3 Å². The van der Waals surface area contributed by atoms with Gasteiger partial charge in [0.15, 0.2) is 0 Å². The van der Waals surface area contributed by atoms with Crippen molar-refractivity contribution in [3.8, 4) is 0 Å². The lowest BCUT2D eigenvalue weighted by molar-refractivity contribution is 0.00356. The molecule has 0 bridgehead atoms. The molecule has 1 saturated heterocycles. The molecule has 1 fully saturated rings. The van der Waals surface area contributed by atoms with Gasteiger partial charge in [0.05, 0.1) is 19.3 Å². The molecule has 0 spiro atoms. The summed E-state index contributed by atoms with van der Waals surface area (Å²) in [5, 5.41) is 9.05. The Morgan fingerprint density at radius 2 is 2.53 bits per heavy atom. The molecule has 0 saturated carbocycles. The molecule has 1 unspecified atom stereocenters. The van der Waals surface area contributed by atoms with Crippen molar-refractivity contribution < 1.29 is 9.84 Å². The summed E-state index contributed by atoms with van der Waals surface area (Å²) in [7, 11) is 0. The minimum Gasteiger partial charge on any atom is -0.394 e. The fourth-order valence-electron chi connectivity index (χ4n) is 1.79. The van der Waals surface area contributed by atoms with Crippen molar-refractivity contribution in [3.05, 3.63) is 24.0 Å². The number of aliphatic hydroxyl groups is 1. The van der Waals surface area contributed by atoms with Gasteiger partial charge in [-0.3, -0.25) is 4.98 Å². The average Bonchev–Trinajstić information content (AvgIpc) is 2.29. The summed E-state index contributed by atoms with van der Waals surface area (Å²) < 4.78 is 5.40. The number of nitrogens with zero attached hydrogens (tertiary/aromatic N) is 2. The molecule has 82 valence electrons. The number of pyridine rings is 1. The summed E-state index contributed by atoms with van der Waals surface area (Å²) >= 11 is 0. The van der Waals surface area contributed by atoms with E-state index in [0.29, 0.717) is 6.61 Å². The highest BCUT2D eigenvalue weighted by Crippen LogP contribution is 2.17. The second kappa shape index (κ2) is 4.59. The third-order valence-corrected chi connectivity index (χ3v) is 2.59. The lowest BCUT2D eigenvalue weighted by Crippen LogP contribution is -2.44. The van der Waals surface area contributed by atoms with Crippen LogP contribution in [0.25, 0.3) is 0 Å². The number of hydrogen-bond donors (Lipinski definition) is 1. The van der Waals surface area contributed by atoms with Crippen molar-refractivity contribution in [2.45, 2.75) is 13.0 Å². The third-order valence-electron chi connectivity index (χ3n) is 2.59. The van der Waals surface area contributed by atoms with Gasteiger partial charge in [0.2, 0.25) is 0 Å². The Bertz CT molecular complexity index is 330. The van der Waals surface area contributed by atoms with Crippen LogP contribution in [0.5, 0.6) is 0 Å². The molecule has 2 heterocycles. The minimum atomic E-state index is -0.0628. The molecule has 1 aliphatic heterocycles. The van der Waals surface area contributed by atoms with Gasteiger partial charge in [-0.25, -0.2) is 0 Å². The van der Waals surface area contributed by atoms with Crippen LogP contribution in [0.4, 0.5) is 5.69 Å². The van der Waals surface area contributed by atoms with Crippen molar-refractivity contribution >= 4 is 5.69 Å². The second-order valence-corrected chi connectivity index (χ2v) is 3.78. The van der Waals surface area contributed by atoms with E-state index in [-0.39, 0.29) is 12.7 Å². The van der Waals surface area contributed by atoms with Crippen LogP contribution in [-0.2, 0) is 4.74 Å². The van der Waals surface area contributed by atoms with Gasteiger partial charge in [0, 0.05) is 30.7 Å². The molecular weight excluding hydrogens is 192 g/mol. The van der Waals surface area contributed by atoms with Crippen LogP contribution in [0.3, 0.4) is 0 Å². The van der Waals surface area contributed by atoms with E-state index in [9.17, 15) is 0 Å². The van der Waals surface area contributed by atoms with Crippen LogP contribution >= 0.6 is 0 Å². The molecule has 4 heteroatoms. The highest BCUT2D eigenvalue weighted by atomic mass is 16.5. The quantitative estimate of drug-likeness (QED) is 0.772. The van der Waals surface area contributed by atoms with Gasteiger partial charge in [-0.1, -0.05) is 0 Å². The molecule has 4 nitrogen and oxygen atoms in total. The maximum Gasteiger partial charge on any atom is 0.0980 e. The predicted molar refractivity (Wildman–Crippen MR) is 58.0 cm³/mol. The lowest BCUT2D eigenvalue weighted by Gasteiger charge is -2.33. The summed E-state index contributed by atoms with van der Waals surface area (Å²) in [6.45, 7) is 4.36. The van der Waals surface area contributed by atoms with Gasteiger partial charge >= 0.3 is 0 Å². The number of aryl methyl sites for hydroxylation is 1. The smallest absolute Gasteiger partial charge is 0.0980 e. The summed E-state index contributed by atoms with van der Waals surface area (Å²) in [6.07, 6.45) is 1.75. The summed E-state index contributed by atoms with van der Waals surface area (Å²) in [5.74, 6) is 0. The molecule has 1 aromatic heterocycles. The Morgan fingerprint density at radius 1 is 1.67 bits per heavy atom. The van der Waals surface area contributed by atoms with Crippen LogP contribution in [0.1, 0.15) is 5.69 Å². The van der Waals surface area contributed by atoms with Crippen LogP contribution in [-0.4, -0.2) is 42.5 Å². The zero-order chi connectivity index (χ0) is 10.7. The highest BCUT2D eigenvalue weighted by Gasteiger charge is 2.19. The number of hydrogen-bond acceptors (Lipinski definition) is 4.